The fraction of sp³-hybridized carbons (Fsp3) is 0.381. The molecule has 29 heavy (non-hydrogen) atoms. The smallest absolute Gasteiger partial charge is 0.253 e. The van der Waals surface area contributed by atoms with Crippen LogP contribution in [-0.4, -0.2) is 58.2 Å². The molecule has 2 aromatic carbocycles. The van der Waals surface area contributed by atoms with Crippen LogP contribution in [0.1, 0.15) is 22.3 Å². The summed E-state index contributed by atoms with van der Waals surface area (Å²) >= 11 is 0. The van der Waals surface area contributed by atoms with Gasteiger partial charge in [-0.2, -0.15) is 0 Å². The minimum absolute atomic E-state index is 0.0389. The summed E-state index contributed by atoms with van der Waals surface area (Å²) in [5.74, 6) is -0.299. The van der Waals surface area contributed by atoms with Gasteiger partial charge in [0.25, 0.3) is 5.91 Å². The Hall–Kier alpha value is -2.61. The Kier molecular flexibility index (Phi) is 5.21. The highest BCUT2D eigenvalue weighted by atomic mass is 32.2. The minimum Gasteiger partial charge on any atom is -0.368 e. The third-order valence-electron chi connectivity index (χ3n) is 5.56. The summed E-state index contributed by atoms with van der Waals surface area (Å²) in [7, 11) is -3.32. The number of sulfonamides is 1. The Bertz CT molecular complexity index is 1020. The van der Waals surface area contributed by atoms with Gasteiger partial charge in [0.1, 0.15) is 5.82 Å². The molecule has 0 aromatic heterocycles. The molecule has 1 amide bonds. The van der Waals surface area contributed by atoms with Gasteiger partial charge in [0, 0.05) is 44.0 Å². The Morgan fingerprint density at radius 1 is 0.966 bits per heavy atom. The summed E-state index contributed by atoms with van der Waals surface area (Å²) in [6.07, 6.45) is 2.72. The first-order chi connectivity index (χ1) is 13.8. The highest BCUT2D eigenvalue weighted by Crippen LogP contribution is 2.30. The third kappa shape index (κ3) is 4.07. The number of rotatable bonds is 3. The second-order valence-electron chi connectivity index (χ2n) is 7.54. The zero-order chi connectivity index (χ0) is 20.6. The van der Waals surface area contributed by atoms with Crippen LogP contribution in [0.15, 0.2) is 42.5 Å². The Morgan fingerprint density at radius 3 is 2.31 bits per heavy atom. The summed E-state index contributed by atoms with van der Waals surface area (Å²) in [6, 6.07) is 11.7. The van der Waals surface area contributed by atoms with E-state index < -0.39 is 10.0 Å². The fourth-order valence-electron chi connectivity index (χ4n) is 4.04. The van der Waals surface area contributed by atoms with E-state index >= 15 is 0 Å². The maximum Gasteiger partial charge on any atom is 0.253 e. The van der Waals surface area contributed by atoms with Crippen LogP contribution in [0.25, 0.3) is 0 Å². The number of carbonyl (C=O) groups excluding carboxylic acids is 1. The van der Waals surface area contributed by atoms with Crippen LogP contribution in [0.4, 0.5) is 15.8 Å². The zero-order valence-corrected chi connectivity index (χ0v) is 17.2. The van der Waals surface area contributed by atoms with Crippen LogP contribution in [0.2, 0.25) is 0 Å². The number of fused-ring (bicyclic) bond motifs is 1. The fourth-order valence-corrected chi connectivity index (χ4v) is 5.04. The van der Waals surface area contributed by atoms with Crippen LogP contribution >= 0.6 is 0 Å². The van der Waals surface area contributed by atoms with Crippen LogP contribution in [0.5, 0.6) is 0 Å². The van der Waals surface area contributed by atoms with Gasteiger partial charge in [0.2, 0.25) is 10.0 Å². The highest BCUT2D eigenvalue weighted by Gasteiger charge is 2.27. The monoisotopic (exact) mass is 417 g/mol. The average Bonchev–Trinajstić information content (AvgIpc) is 2.72. The lowest BCUT2D eigenvalue weighted by atomic mass is 10.00. The van der Waals surface area contributed by atoms with Crippen molar-refractivity contribution >= 4 is 27.3 Å². The Morgan fingerprint density at radius 2 is 1.66 bits per heavy atom. The van der Waals surface area contributed by atoms with Crippen LogP contribution in [0, 0.1) is 5.82 Å². The number of piperazine rings is 1. The number of carbonyl (C=O) groups is 1. The van der Waals surface area contributed by atoms with Crippen LogP contribution in [0.3, 0.4) is 0 Å². The van der Waals surface area contributed by atoms with Crippen molar-refractivity contribution in [2.75, 3.05) is 48.2 Å². The predicted molar refractivity (Wildman–Crippen MR) is 111 cm³/mol. The standard InChI is InChI=1S/C21H24FN3O3S/c1-29(27,28)25-10-2-3-16-15-17(4-9-20(16)25)21(26)24-13-11-23(12-14-24)19-7-5-18(22)6-8-19/h4-9,15H,2-3,10-14H2,1H3. The van der Waals surface area contributed by atoms with Gasteiger partial charge in [-0.15, -0.1) is 0 Å². The van der Waals surface area contributed by atoms with E-state index in [2.05, 4.69) is 4.90 Å². The molecule has 2 aromatic rings. The molecule has 4 rings (SSSR count). The third-order valence-corrected chi connectivity index (χ3v) is 6.74. The van der Waals surface area contributed by atoms with Crippen molar-refractivity contribution in [3.63, 3.8) is 0 Å². The number of nitrogens with zero attached hydrogens (tertiary/aromatic N) is 3. The van der Waals surface area contributed by atoms with E-state index in [9.17, 15) is 17.6 Å². The van der Waals surface area contributed by atoms with E-state index in [1.807, 2.05) is 11.0 Å². The first-order valence-electron chi connectivity index (χ1n) is 9.73. The van der Waals surface area contributed by atoms with Crippen molar-refractivity contribution < 1.29 is 17.6 Å². The second kappa shape index (κ2) is 7.67. The number of halogens is 1. The van der Waals surface area contributed by atoms with Crippen molar-refractivity contribution in [1.82, 2.24) is 4.90 Å². The van der Waals surface area contributed by atoms with Crippen LogP contribution < -0.4 is 9.21 Å². The molecule has 0 spiro atoms. The molecule has 0 aliphatic carbocycles. The van der Waals surface area contributed by atoms with Gasteiger partial charge in [-0.05, 0) is 60.9 Å². The minimum atomic E-state index is -3.32. The summed E-state index contributed by atoms with van der Waals surface area (Å²) in [4.78, 5) is 16.9. The van der Waals surface area contributed by atoms with Crippen molar-refractivity contribution in [2.24, 2.45) is 0 Å². The lowest BCUT2D eigenvalue weighted by Crippen LogP contribution is -2.48. The number of benzene rings is 2. The van der Waals surface area contributed by atoms with E-state index in [1.165, 1.54) is 22.7 Å². The van der Waals surface area contributed by atoms with E-state index in [1.54, 1.807) is 24.3 Å². The average molecular weight is 418 g/mol. The van der Waals surface area contributed by atoms with Gasteiger partial charge in [0.05, 0.1) is 11.9 Å². The predicted octanol–water partition coefficient (Wildman–Crippen LogP) is 2.50. The van der Waals surface area contributed by atoms with Gasteiger partial charge < -0.3 is 9.80 Å². The lowest BCUT2D eigenvalue weighted by Gasteiger charge is -2.36. The summed E-state index contributed by atoms with van der Waals surface area (Å²) in [5.41, 5.74) is 3.12. The van der Waals surface area contributed by atoms with Gasteiger partial charge in [-0.1, -0.05) is 0 Å². The van der Waals surface area contributed by atoms with E-state index in [4.69, 9.17) is 0 Å². The Labute approximate surface area is 170 Å². The molecule has 8 heteroatoms. The molecule has 0 radical (unpaired) electrons. The molecular formula is C21H24FN3O3S. The van der Waals surface area contributed by atoms with Gasteiger partial charge in [-0.3, -0.25) is 9.10 Å². The molecule has 2 heterocycles. The highest BCUT2D eigenvalue weighted by molar-refractivity contribution is 7.92. The van der Waals surface area contributed by atoms with Gasteiger partial charge in [0.15, 0.2) is 0 Å². The number of aryl methyl sites for hydroxylation is 1. The molecule has 0 bridgehead atoms. The summed E-state index contributed by atoms with van der Waals surface area (Å²) in [6.45, 7) is 3.02. The molecule has 1 saturated heterocycles. The van der Waals surface area contributed by atoms with Crippen molar-refractivity contribution in [3.05, 3.63) is 59.4 Å². The summed E-state index contributed by atoms with van der Waals surface area (Å²) < 4.78 is 38.5. The summed E-state index contributed by atoms with van der Waals surface area (Å²) in [5, 5.41) is 0. The van der Waals surface area contributed by atoms with E-state index in [0.29, 0.717) is 44.0 Å². The maximum atomic E-state index is 13.1. The molecule has 0 atom stereocenters. The SMILES string of the molecule is CS(=O)(=O)N1CCCc2cc(C(=O)N3CCN(c4ccc(F)cc4)CC3)ccc21. The number of hydrogen-bond acceptors (Lipinski definition) is 4. The maximum absolute atomic E-state index is 13.1. The van der Waals surface area contributed by atoms with Crippen LogP contribution in [-0.2, 0) is 16.4 Å². The molecule has 6 nitrogen and oxygen atoms in total. The number of amides is 1. The van der Waals surface area contributed by atoms with Crippen molar-refractivity contribution in [2.45, 2.75) is 12.8 Å². The normalized spacial score (nSPS) is 17.2. The van der Waals surface area contributed by atoms with E-state index in [0.717, 1.165) is 24.1 Å². The molecular weight excluding hydrogens is 393 g/mol. The topological polar surface area (TPSA) is 60.9 Å². The zero-order valence-electron chi connectivity index (χ0n) is 16.3. The van der Waals surface area contributed by atoms with Crippen molar-refractivity contribution in [3.8, 4) is 0 Å². The lowest BCUT2D eigenvalue weighted by molar-refractivity contribution is 0.0746. The Balaban J connectivity index is 1.46. The number of anilines is 2. The van der Waals surface area contributed by atoms with E-state index in [-0.39, 0.29) is 11.7 Å². The number of hydrogen-bond donors (Lipinski definition) is 0. The largest absolute Gasteiger partial charge is 0.368 e. The van der Waals surface area contributed by atoms with Gasteiger partial charge in [-0.25, -0.2) is 12.8 Å². The quantitative estimate of drug-likeness (QED) is 0.770. The first kappa shape index (κ1) is 19.7. The molecule has 154 valence electrons. The molecule has 2 aliphatic rings. The first-order valence-corrected chi connectivity index (χ1v) is 11.6. The molecule has 0 saturated carbocycles. The molecule has 1 fully saturated rings. The molecule has 2 aliphatic heterocycles. The van der Waals surface area contributed by atoms with Gasteiger partial charge >= 0.3 is 0 Å². The second-order valence-corrected chi connectivity index (χ2v) is 9.44. The molecule has 0 unspecified atom stereocenters. The van der Waals surface area contributed by atoms with Crippen molar-refractivity contribution in [1.29, 1.82) is 0 Å². The molecule has 0 N–H and O–H groups in total.